The van der Waals surface area contributed by atoms with Crippen molar-refractivity contribution in [2.24, 2.45) is 0 Å². The van der Waals surface area contributed by atoms with Gasteiger partial charge in [0.25, 0.3) is 0 Å². The van der Waals surface area contributed by atoms with Crippen molar-refractivity contribution < 1.29 is 33.8 Å². The van der Waals surface area contributed by atoms with Crippen LogP contribution < -0.4 is 9.80 Å². The number of hydrogen-bond donors (Lipinski definition) is 2. The average molecular weight is 362 g/mol. The minimum atomic E-state index is -1.15. The Morgan fingerprint density at radius 1 is 1.23 bits per heavy atom. The van der Waals surface area contributed by atoms with E-state index in [9.17, 15) is 19.2 Å². The van der Waals surface area contributed by atoms with Crippen molar-refractivity contribution in [3.05, 3.63) is 47.9 Å². The third-order valence-corrected chi connectivity index (χ3v) is 3.32. The maximum atomic E-state index is 14.3. The van der Waals surface area contributed by atoms with E-state index in [4.69, 9.17) is 9.84 Å². The van der Waals surface area contributed by atoms with Gasteiger partial charge in [-0.05, 0) is 29.8 Å². The van der Waals surface area contributed by atoms with Crippen LogP contribution in [-0.4, -0.2) is 41.6 Å². The van der Waals surface area contributed by atoms with Gasteiger partial charge in [0.2, 0.25) is 5.88 Å². The predicted molar refractivity (Wildman–Crippen MR) is 89.5 cm³/mol. The van der Waals surface area contributed by atoms with Crippen molar-refractivity contribution in [3.8, 4) is 17.0 Å². The first-order chi connectivity index (χ1) is 12.4. The van der Waals surface area contributed by atoms with Gasteiger partial charge in [0.1, 0.15) is 5.82 Å². The molecule has 0 aliphatic carbocycles. The molecule has 2 N–H and O–H groups in total. The SMILES string of the molecule is COC(=O)N(O)c1cnc(OC)c(-c2cc(/C=C/C(=O)O)ccc2F)c1. The van der Waals surface area contributed by atoms with Crippen LogP contribution in [0.25, 0.3) is 17.2 Å². The van der Waals surface area contributed by atoms with E-state index in [1.807, 2.05) is 0 Å². The number of ether oxygens (including phenoxy) is 2. The summed E-state index contributed by atoms with van der Waals surface area (Å²) in [5.41, 5.74) is 0.543. The van der Waals surface area contributed by atoms with Crippen LogP contribution in [0.1, 0.15) is 5.56 Å². The van der Waals surface area contributed by atoms with Crippen LogP contribution in [0.4, 0.5) is 14.9 Å². The second kappa shape index (κ2) is 8.08. The number of pyridine rings is 1. The Hall–Kier alpha value is -3.46. The smallest absolute Gasteiger partial charge is 0.438 e. The van der Waals surface area contributed by atoms with Gasteiger partial charge in [0.05, 0.1) is 26.1 Å². The highest BCUT2D eigenvalue weighted by atomic mass is 19.1. The molecule has 0 aliphatic rings. The molecule has 0 unspecified atom stereocenters. The Bertz CT molecular complexity index is 868. The van der Waals surface area contributed by atoms with Crippen LogP contribution in [0.2, 0.25) is 0 Å². The Labute approximate surface area is 147 Å². The number of benzene rings is 1. The highest BCUT2D eigenvalue weighted by molar-refractivity contribution is 5.87. The van der Waals surface area contributed by atoms with Gasteiger partial charge in [0, 0.05) is 17.2 Å². The van der Waals surface area contributed by atoms with Gasteiger partial charge in [0.15, 0.2) is 0 Å². The summed E-state index contributed by atoms with van der Waals surface area (Å²) in [5.74, 6) is -1.73. The Morgan fingerprint density at radius 3 is 2.58 bits per heavy atom. The van der Waals surface area contributed by atoms with Crippen molar-refractivity contribution in [2.45, 2.75) is 0 Å². The highest BCUT2D eigenvalue weighted by Gasteiger charge is 2.19. The number of methoxy groups -OCH3 is 2. The fourth-order valence-corrected chi connectivity index (χ4v) is 2.12. The summed E-state index contributed by atoms with van der Waals surface area (Å²) in [4.78, 5) is 26.0. The third-order valence-electron chi connectivity index (χ3n) is 3.32. The van der Waals surface area contributed by atoms with Crippen LogP contribution in [0.5, 0.6) is 5.88 Å². The lowest BCUT2D eigenvalue weighted by Crippen LogP contribution is -2.26. The Balaban J connectivity index is 2.57. The molecule has 0 bridgehead atoms. The first-order valence-corrected chi connectivity index (χ1v) is 7.19. The molecule has 0 atom stereocenters. The number of rotatable bonds is 5. The lowest BCUT2D eigenvalue weighted by atomic mass is 10.0. The minimum Gasteiger partial charge on any atom is -0.481 e. The summed E-state index contributed by atoms with van der Waals surface area (Å²) in [6.07, 6.45) is 2.30. The summed E-state index contributed by atoms with van der Waals surface area (Å²) in [6.45, 7) is 0. The van der Waals surface area contributed by atoms with Gasteiger partial charge in [-0.3, -0.25) is 5.21 Å². The number of anilines is 1. The van der Waals surface area contributed by atoms with Crippen LogP contribution in [0.3, 0.4) is 0 Å². The lowest BCUT2D eigenvalue weighted by Gasteiger charge is -2.16. The monoisotopic (exact) mass is 362 g/mol. The molecule has 0 saturated heterocycles. The van der Waals surface area contributed by atoms with Gasteiger partial charge in [-0.15, -0.1) is 0 Å². The molecule has 9 heteroatoms. The topological polar surface area (TPSA) is 109 Å². The van der Waals surface area contributed by atoms with E-state index < -0.39 is 17.9 Å². The molecule has 1 aromatic carbocycles. The fourth-order valence-electron chi connectivity index (χ4n) is 2.12. The van der Waals surface area contributed by atoms with Crippen LogP contribution in [-0.2, 0) is 9.53 Å². The number of carboxylic acids is 1. The van der Waals surface area contributed by atoms with Gasteiger partial charge < -0.3 is 14.6 Å². The van der Waals surface area contributed by atoms with Crippen molar-refractivity contribution in [2.75, 3.05) is 19.3 Å². The summed E-state index contributed by atoms with van der Waals surface area (Å²) >= 11 is 0. The molecule has 2 aromatic rings. The summed E-state index contributed by atoms with van der Waals surface area (Å²) in [7, 11) is 2.41. The second-order valence-electron chi connectivity index (χ2n) is 4.94. The zero-order valence-electron chi connectivity index (χ0n) is 13.8. The van der Waals surface area contributed by atoms with E-state index in [-0.39, 0.29) is 27.8 Å². The number of aromatic nitrogens is 1. The van der Waals surface area contributed by atoms with Crippen LogP contribution in [0, 0.1) is 5.82 Å². The van der Waals surface area contributed by atoms with E-state index in [2.05, 4.69) is 9.72 Å². The first kappa shape index (κ1) is 18.9. The second-order valence-corrected chi connectivity index (χ2v) is 4.94. The number of nitrogens with zero attached hydrogens (tertiary/aromatic N) is 2. The number of hydrogen-bond acceptors (Lipinski definition) is 6. The normalized spacial score (nSPS) is 10.6. The van der Waals surface area contributed by atoms with Gasteiger partial charge in [-0.1, -0.05) is 6.07 Å². The summed E-state index contributed by atoms with van der Waals surface area (Å²) in [6, 6.07) is 5.22. The Kier molecular flexibility index (Phi) is 5.86. The standard InChI is InChI=1S/C17H15FN2O6/c1-25-16-13(8-11(9-19-16)20(24)17(23)26-2)12-7-10(3-5-14(12)18)4-6-15(21)22/h3-9,24H,1-2H3,(H,21,22)/b6-4+. The molecule has 1 heterocycles. The molecule has 136 valence electrons. The van der Waals surface area contributed by atoms with Crippen LogP contribution >= 0.6 is 0 Å². The van der Waals surface area contributed by atoms with Gasteiger partial charge >= 0.3 is 12.1 Å². The van der Waals surface area contributed by atoms with Gasteiger partial charge in [-0.25, -0.2) is 19.0 Å². The number of carbonyl (C=O) groups excluding carboxylic acids is 1. The van der Waals surface area contributed by atoms with Crippen molar-refractivity contribution >= 4 is 23.8 Å². The van der Waals surface area contributed by atoms with Gasteiger partial charge in [-0.2, -0.15) is 5.06 Å². The zero-order valence-corrected chi connectivity index (χ0v) is 13.8. The maximum Gasteiger partial charge on any atom is 0.438 e. The number of carbonyl (C=O) groups is 2. The Morgan fingerprint density at radius 2 is 1.96 bits per heavy atom. The molecule has 0 fully saturated rings. The molecule has 0 aliphatic heterocycles. The van der Waals surface area contributed by atoms with Crippen molar-refractivity contribution in [1.82, 2.24) is 4.98 Å². The number of amides is 1. The highest BCUT2D eigenvalue weighted by Crippen LogP contribution is 2.34. The number of aliphatic carboxylic acids is 1. The number of carboxylic acid groups (broad SMARTS) is 1. The number of halogens is 1. The van der Waals surface area contributed by atoms with Crippen molar-refractivity contribution in [1.29, 1.82) is 0 Å². The number of hydroxylamine groups is 1. The molecule has 26 heavy (non-hydrogen) atoms. The molecule has 0 spiro atoms. The van der Waals surface area contributed by atoms with Crippen molar-refractivity contribution in [3.63, 3.8) is 0 Å². The lowest BCUT2D eigenvalue weighted by molar-refractivity contribution is -0.131. The average Bonchev–Trinajstić information content (AvgIpc) is 2.65. The largest absolute Gasteiger partial charge is 0.481 e. The first-order valence-electron chi connectivity index (χ1n) is 7.19. The van der Waals surface area contributed by atoms with E-state index in [1.165, 1.54) is 31.4 Å². The van der Waals surface area contributed by atoms with E-state index >= 15 is 0 Å². The summed E-state index contributed by atoms with van der Waals surface area (Å²) in [5, 5.41) is 18.7. The summed E-state index contributed by atoms with van der Waals surface area (Å²) < 4.78 is 23.8. The molecule has 1 aromatic heterocycles. The van der Waals surface area contributed by atoms with E-state index in [0.29, 0.717) is 5.56 Å². The molecule has 0 saturated carbocycles. The van der Waals surface area contributed by atoms with Crippen LogP contribution in [0.15, 0.2) is 36.5 Å². The third kappa shape index (κ3) is 4.14. The molecule has 2 rings (SSSR count). The molecule has 0 radical (unpaired) electrons. The molecular weight excluding hydrogens is 347 g/mol. The molecular formula is C17H15FN2O6. The maximum absolute atomic E-state index is 14.3. The minimum absolute atomic E-state index is 0.0435. The molecule has 8 nitrogen and oxygen atoms in total. The van der Waals surface area contributed by atoms with E-state index in [1.54, 1.807) is 0 Å². The molecule has 1 amide bonds. The zero-order chi connectivity index (χ0) is 19.3. The fraction of sp³-hybridized carbons (Fsp3) is 0.118. The quantitative estimate of drug-likeness (QED) is 0.478. The predicted octanol–water partition coefficient (Wildman–Crippen LogP) is 2.96. The van der Waals surface area contributed by atoms with E-state index in [0.717, 1.165) is 25.4 Å².